The highest BCUT2D eigenvalue weighted by Gasteiger charge is 2.14. The summed E-state index contributed by atoms with van der Waals surface area (Å²) in [6.07, 6.45) is 0. The van der Waals surface area contributed by atoms with Crippen LogP contribution in [0.4, 0.5) is 10.1 Å². The fourth-order valence-electron chi connectivity index (χ4n) is 1.95. The summed E-state index contributed by atoms with van der Waals surface area (Å²) in [5, 5.41) is 5.69. The Kier molecular flexibility index (Phi) is 5.33. The Hall–Kier alpha value is -1.88. The number of carbonyl (C=O) groups is 1. The van der Waals surface area contributed by atoms with Gasteiger partial charge in [0.05, 0.1) is 11.3 Å². The third-order valence-corrected chi connectivity index (χ3v) is 3.51. The van der Waals surface area contributed by atoms with E-state index in [4.69, 9.17) is 0 Å². The van der Waals surface area contributed by atoms with E-state index in [1.807, 2.05) is 31.2 Å². The molecule has 2 aromatic carbocycles. The Bertz CT molecular complexity index is 629. The van der Waals surface area contributed by atoms with Gasteiger partial charge < -0.3 is 10.6 Å². The molecule has 0 atom stereocenters. The number of carbonyl (C=O) groups excluding carboxylic acids is 1. The standard InChI is InChI=1S/C16H16BrFN2O/c1-2-19-15-13(4-3-5-14(15)18)16(21)20-10-11-6-8-12(17)9-7-11/h3-9,19H,2,10H2,1H3,(H,20,21). The number of hydrogen-bond donors (Lipinski definition) is 2. The second kappa shape index (κ2) is 7.22. The minimum atomic E-state index is -0.423. The molecule has 0 aliphatic heterocycles. The molecule has 110 valence electrons. The fraction of sp³-hybridized carbons (Fsp3) is 0.188. The van der Waals surface area contributed by atoms with Crippen molar-refractivity contribution in [3.8, 4) is 0 Å². The first-order chi connectivity index (χ1) is 10.1. The van der Waals surface area contributed by atoms with Gasteiger partial charge >= 0.3 is 0 Å². The maximum atomic E-state index is 13.8. The van der Waals surface area contributed by atoms with Crippen LogP contribution < -0.4 is 10.6 Å². The van der Waals surface area contributed by atoms with Crippen LogP contribution in [0.5, 0.6) is 0 Å². The van der Waals surface area contributed by atoms with Gasteiger partial charge in [0.2, 0.25) is 0 Å². The molecule has 5 heteroatoms. The molecule has 21 heavy (non-hydrogen) atoms. The van der Waals surface area contributed by atoms with E-state index in [1.165, 1.54) is 12.1 Å². The number of anilines is 1. The summed E-state index contributed by atoms with van der Waals surface area (Å²) in [7, 11) is 0. The zero-order valence-electron chi connectivity index (χ0n) is 11.6. The molecule has 2 rings (SSSR count). The van der Waals surface area contributed by atoms with Crippen LogP contribution in [0, 0.1) is 5.82 Å². The highest BCUT2D eigenvalue weighted by atomic mass is 79.9. The van der Waals surface area contributed by atoms with E-state index in [0.29, 0.717) is 18.7 Å². The van der Waals surface area contributed by atoms with Gasteiger partial charge in [-0.2, -0.15) is 0 Å². The van der Waals surface area contributed by atoms with Crippen LogP contribution in [0.25, 0.3) is 0 Å². The summed E-state index contributed by atoms with van der Waals surface area (Å²) in [6.45, 7) is 2.80. The highest BCUT2D eigenvalue weighted by molar-refractivity contribution is 9.10. The summed E-state index contributed by atoms with van der Waals surface area (Å²) in [4.78, 5) is 12.2. The largest absolute Gasteiger partial charge is 0.382 e. The molecule has 2 N–H and O–H groups in total. The molecular formula is C16H16BrFN2O. The minimum absolute atomic E-state index is 0.244. The van der Waals surface area contributed by atoms with E-state index in [1.54, 1.807) is 6.07 Å². The first-order valence-corrected chi connectivity index (χ1v) is 7.46. The van der Waals surface area contributed by atoms with E-state index in [2.05, 4.69) is 26.6 Å². The van der Waals surface area contributed by atoms with E-state index in [9.17, 15) is 9.18 Å². The van der Waals surface area contributed by atoms with Crippen LogP contribution in [0.15, 0.2) is 46.9 Å². The Morgan fingerprint density at radius 2 is 1.90 bits per heavy atom. The summed E-state index contributed by atoms with van der Waals surface area (Å²) in [5.41, 5.74) is 1.54. The SMILES string of the molecule is CCNc1c(F)cccc1C(=O)NCc1ccc(Br)cc1. The number of para-hydroxylation sites is 1. The quantitative estimate of drug-likeness (QED) is 0.857. The Balaban J connectivity index is 2.10. The molecule has 0 saturated carbocycles. The molecule has 2 aromatic rings. The second-order valence-electron chi connectivity index (χ2n) is 4.50. The van der Waals surface area contributed by atoms with Crippen molar-refractivity contribution >= 4 is 27.5 Å². The molecule has 0 aromatic heterocycles. The number of halogens is 2. The van der Waals surface area contributed by atoms with Gasteiger partial charge in [-0.25, -0.2) is 4.39 Å². The van der Waals surface area contributed by atoms with Crippen molar-refractivity contribution in [2.75, 3.05) is 11.9 Å². The molecule has 0 saturated heterocycles. The second-order valence-corrected chi connectivity index (χ2v) is 5.42. The van der Waals surface area contributed by atoms with E-state index in [-0.39, 0.29) is 11.6 Å². The van der Waals surface area contributed by atoms with Crippen molar-refractivity contribution in [2.45, 2.75) is 13.5 Å². The van der Waals surface area contributed by atoms with Crippen LogP contribution in [-0.4, -0.2) is 12.5 Å². The normalized spacial score (nSPS) is 10.2. The van der Waals surface area contributed by atoms with Crippen LogP contribution in [0.1, 0.15) is 22.8 Å². The zero-order chi connectivity index (χ0) is 15.2. The maximum absolute atomic E-state index is 13.8. The van der Waals surface area contributed by atoms with E-state index >= 15 is 0 Å². The molecule has 0 aliphatic rings. The van der Waals surface area contributed by atoms with Gasteiger partial charge in [-0.15, -0.1) is 0 Å². The van der Waals surface area contributed by atoms with E-state index in [0.717, 1.165) is 10.0 Å². The zero-order valence-corrected chi connectivity index (χ0v) is 13.2. The molecule has 0 aliphatic carbocycles. The number of hydrogen-bond acceptors (Lipinski definition) is 2. The molecule has 0 radical (unpaired) electrons. The maximum Gasteiger partial charge on any atom is 0.253 e. The van der Waals surface area contributed by atoms with Gasteiger partial charge in [0.25, 0.3) is 5.91 Å². The lowest BCUT2D eigenvalue weighted by Gasteiger charge is -2.12. The monoisotopic (exact) mass is 350 g/mol. The molecule has 0 fully saturated rings. The molecule has 3 nitrogen and oxygen atoms in total. The lowest BCUT2D eigenvalue weighted by molar-refractivity contribution is 0.0951. The van der Waals surface area contributed by atoms with Crippen molar-refractivity contribution < 1.29 is 9.18 Å². The lowest BCUT2D eigenvalue weighted by atomic mass is 10.1. The molecular weight excluding hydrogens is 335 g/mol. The first-order valence-electron chi connectivity index (χ1n) is 6.67. The minimum Gasteiger partial charge on any atom is -0.382 e. The third-order valence-electron chi connectivity index (χ3n) is 2.98. The summed E-state index contributed by atoms with van der Waals surface area (Å²) in [5.74, 6) is -0.721. The van der Waals surface area contributed by atoms with Gasteiger partial charge in [-0.3, -0.25) is 4.79 Å². The van der Waals surface area contributed by atoms with Crippen LogP contribution in [0.3, 0.4) is 0 Å². The van der Waals surface area contributed by atoms with Crippen molar-refractivity contribution in [3.63, 3.8) is 0 Å². The van der Waals surface area contributed by atoms with Crippen LogP contribution in [-0.2, 0) is 6.54 Å². The average molecular weight is 351 g/mol. The van der Waals surface area contributed by atoms with Gasteiger partial charge in [0, 0.05) is 17.6 Å². The fourth-order valence-corrected chi connectivity index (χ4v) is 2.21. The van der Waals surface area contributed by atoms with Gasteiger partial charge in [0.1, 0.15) is 5.82 Å². The summed E-state index contributed by atoms with van der Waals surface area (Å²) >= 11 is 3.36. The van der Waals surface area contributed by atoms with Crippen molar-refractivity contribution in [1.29, 1.82) is 0 Å². The molecule has 1 amide bonds. The summed E-state index contributed by atoms with van der Waals surface area (Å²) in [6, 6.07) is 12.1. The van der Waals surface area contributed by atoms with Gasteiger partial charge in [-0.1, -0.05) is 34.1 Å². The Morgan fingerprint density at radius 3 is 2.57 bits per heavy atom. The van der Waals surface area contributed by atoms with Crippen LogP contribution >= 0.6 is 15.9 Å². The molecule has 0 unspecified atom stereocenters. The van der Waals surface area contributed by atoms with E-state index < -0.39 is 5.82 Å². The Morgan fingerprint density at radius 1 is 1.19 bits per heavy atom. The number of amides is 1. The summed E-state index contributed by atoms with van der Waals surface area (Å²) < 4.78 is 14.7. The number of nitrogens with one attached hydrogen (secondary N) is 2. The van der Waals surface area contributed by atoms with Crippen molar-refractivity contribution in [3.05, 3.63) is 63.9 Å². The van der Waals surface area contributed by atoms with Crippen molar-refractivity contribution in [1.82, 2.24) is 5.32 Å². The molecule has 0 spiro atoms. The predicted molar refractivity (Wildman–Crippen MR) is 85.9 cm³/mol. The third kappa shape index (κ3) is 4.04. The highest BCUT2D eigenvalue weighted by Crippen LogP contribution is 2.19. The lowest BCUT2D eigenvalue weighted by Crippen LogP contribution is -2.24. The first kappa shape index (κ1) is 15.5. The van der Waals surface area contributed by atoms with Crippen LogP contribution in [0.2, 0.25) is 0 Å². The van der Waals surface area contributed by atoms with Crippen molar-refractivity contribution in [2.24, 2.45) is 0 Å². The average Bonchev–Trinajstić information content (AvgIpc) is 2.48. The number of rotatable bonds is 5. The molecule has 0 bridgehead atoms. The smallest absolute Gasteiger partial charge is 0.253 e. The molecule has 0 heterocycles. The Labute approximate surface area is 131 Å². The van der Waals surface area contributed by atoms with Gasteiger partial charge in [-0.05, 0) is 36.8 Å². The topological polar surface area (TPSA) is 41.1 Å². The number of benzene rings is 2. The van der Waals surface area contributed by atoms with Gasteiger partial charge in [0.15, 0.2) is 0 Å². The predicted octanol–water partition coefficient (Wildman–Crippen LogP) is 3.95.